The van der Waals surface area contributed by atoms with Gasteiger partial charge in [0.1, 0.15) is 13.2 Å². The fourth-order valence-corrected chi connectivity index (χ4v) is 6.47. The van der Waals surface area contributed by atoms with E-state index in [9.17, 15) is 24.5 Å². The summed E-state index contributed by atoms with van der Waals surface area (Å²) in [4.78, 5) is 25.2. The number of nitrogens with zero attached hydrogens (tertiary/aromatic N) is 1. The lowest BCUT2D eigenvalue weighted by Gasteiger charge is -2.30. The van der Waals surface area contributed by atoms with Crippen molar-refractivity contribution in [3.05, 3.63) is 48.6 Å². The standard InChI is InChI=1S/C43H81N2O7P/c1-6-8-9-10-11-12-13-15-19-22-25-28-31-35-42(47)41(39-52-53(49,50)51-38-37-45(3,4)5)44-43(48)36-32-29-26-23-20-17-14-16-18-21-24-27-30-34-40(46)33-7-2/h14,17-18,21,23,26-27,30,40-42,46-47H,6-13,15-16,19-20,22,24-25,28-29,31-39H2,1-5H3,(H-,44,48,49,50)/b17-14-,21-18-,26-23-,30-27-/t40?,41-,42+/m0/s1. The molecule has 0 saturated carbocycles. The van der Waals surface area contributed by atoms with Gasteiger partial charge in [-0.25, -0.2) is 0 Å². The molecule has 53 heavy (non-hydrogen) atoms. The lowest BCUT2D eigenvalue weighted by molar-refractivity contribution is -0.870. The summed E-state index contributed by atoms with van der Waals surface area (Å²) in [5, 5.41) is 23.5. The van der Waals surface area contributed by atoms with Crippen LogP contribution < -0.4 is 10.2 Å². The number of unbranched alkanes of at least 4 members (excludes halogenated alkanes) is 13. The number of phosphoric acid groups is 1. The number of aliphatic hydroxyl groups is 2. The minimum atomic E-state index is -4.58. The monoisotopic (exact) mass is 769 g/mol. The quantitative estimate of drug-likeness (QED) is 0.0249. The number of hydrogen-bond donors (Lipinski definition) is 3. The highest BCUT2D eigenvalue weighted by Crippen LogP contribution is 2.38. The van der Waals surface area contributed by atoms with Gasteiger partial charge in [0, 0.05) is 6.42 Å². The number of allylic oxidation sites excluding steroid dienone is 7. The first-order valence-electron chi connectivity index (χ1n) is 21.1. The average molecular weight is 769 g/mol. The van der Waals surface area contributed by atoms with Gasteiger partial charge in [0.25, 0.3) is 7.82 Å². The number of nitrogens with one attached hydrogen (secondary N) is 1. The fourth-order valence-electron chi connectivity index (χ4n) is 5.75. The molecule has 0 aliphatic heterocycles. The van der Waals surface area contributed by atoms with E-state index in [1.807, 2.05) is 27.2 Å². The van der Waals surface area contributed by atoms with Crippen molar-refractivity contribution in [1.82, 2.24) is 5.32 Å². The molecule has 0 saturated heterocycles. The maximum absolute atomic E-state index is 12.8. The van der Waals surface area contributed by atoms with E-state index < -0.39 is 20.0 Å². The van der Waals surface area contributed by atoms with Crippen LogP contribution in [0.15, 0.2) is 48.6 Å². The summed E-state index contributed by atoms with van der Waals surface area (Å²) in [6.07, 6.45) is 38.9. The van der Waals surface area contributed by atoms with Crippen molar-refractivity contribution in [3.8, 4) is 0 Å². The van der Waals surface area contributed by atoms with Crippen molar-refractivity contribution in [2.24, 2.45) is 0 Å². The molecule has 0 aliphatic carbocycles. The van der Waals surface area contributed by atoms with Crippen molar-refractivity contribution < 1.29 is 38.0 Å². The van der Waals surface area contributed by atoms with E-state index in [4.69, 9.17) is 9.05 Å². The Kier molecular flexibility index (Phi) is 33.8. The van der Waals surface area contributed by atoms with E-state index in [1.165, 1.54) is 64.2 Å². The molecule has 0 bridgehead atoms. The molecule has 10 heteroatoms. The van der Waals surface area contributed by atoms with Crippen molar-refractivity contribution in [3.63, 3.8) is 0 Å². The lowest BCUT2D eigenvalue weighted by Crippen LogP contribution is -2.46. The topological polar surface area (TPSA) is 128 Å². The summed E-state index contributed by atoms with van der Waals surface area (Å²) < 4.78 is 23.2. The van der Waals surface area contributed by atoms with E-state index in [1.54, 1.807) is 0 Å². The predicted molar refractivity (Wildman–Crippen MR) is 220 cm³/mol. The Morgan fingerprint density at radius 1 is 0.698 bits per heavy atom. The molecule has 2 unspecified atom stereocenters. The second-order valence-corrected chi connectivity index (χ2v) is 16.9. The Hall–Kier alpha value is -1.58. The normalized spacial score (nSPS) is 15.5. The smallest absolute Gasteiger partial charge is 0.268 e. The number of carbonyl (C=O) groups is 1. The Morgan fingerprint density at radius 3 is 1.74 bits per heavy atom. The third kappa shape index (κ3) is 37.1. The molecule has 3 N–H and O–H groups in total. The van der Waals surface area contributed by atoms with E-state index in [0.717, 1.165) is 64.2 Å². The first-order valence-corrected chi connectivity index (χ1v) is 22.5. The predicted octanol–water partition coefficient (Wildman–Crippen LogP) is 9.64. The Labute approximate surface area is 325 Å². The number of rotatable bonds is 37. The molecule has 0 aromatic heterocycles. The van der Waals surface area contributed by atoms with E-state index >= 15 is 0 Å². The van der Waals surface area contributed by atoms with Crippen molar-refractivity contribution in [1.29, 1.82) is 0 Å². The number of amides is 1. The van der Waals surface area contributed by atoms with E-state index in [2.05, 4.69) is 61.7 Å². The highest BCUT2D eigenvalue weighted by Gasteiger charge is 2.24. The molecule has 0 fully saturated rings. The molecule has 0 spiro atoms. The number of phosphoric ester groups is 1. The van der Waals surface area contributed by atoms with Crippen LogP contribution in [0.25, 0.3) is 0 Å². The molecule has 310 valence electrons. The Morgan fingerprint density at radius 2 is 1.21 bits per heavy atom. The summed E-state index contributed by atoms with van der Waals surface area (Å²) in [6, 6.07) is -0.839. The number of quaternary nitrogens is 1. The number of likely N-dealkylation sites (N-methyl/N-ethyl adjacent to an activating group) is 1. The lowest BCUT2D eigenvalue weighted by atomic mass is 10.0. The first-order chi connectivity index (χ1) is 25.4. The minimum Gasteiger partial charge on any atom is -0.756 e. The van der Waals surface area contributed by atoms with Gasteiger partial charge in [0.15, 0.2) is 0 Å². The van der Waals surface area contributed by atoms with Crippen LogP contribution in [0.3, 0.4) is 0 Å². The number of carbonyl (C=O) groups excluding carboxylic acids is 1. The van der Waals surface area contributed by atoms with Crippen LogP contribution in [-0.4, -0.2) is 79.8 Å². The van der Waals surface area contributed by atoms with Gasteiger partial charge >= 0.3 is 0 Å². The first kappa shape index (κ1) is 51.4. The van der Waals surface area contributed by atoms with Gasteiger partial charge in [-0.3, -0.25) is 9.36 Å². The molecule has 0 aromatic rings. The molecule has 0 rings (SSSR count). The molecule has 9 nitrogen and oxygen atoms in total. The molecule has 0 heterocycles. The van der Waals surface area contributed by atoms with Crippen LogP contribution >= 0.6 is 7.82 Å². The zero-order valence-corrected chi connectivity index (χ0v) is 35.5. The van der Waals surface area contributed by atoms with Crippen molar-refractivity contribution >= 4 is 13.7 Å². The second kappa shape index (κ2) is 34.9. The van der Waals surface area contributed by atoms with Crippen LogP contribution in [0.5, 0.6) is 0 Å². The SMILES string of the molecule is CCCCCCCCCCCCCCC[C@@H](O)[C@H](COP(=O)([O-])OCC[N+](C)(C)C)NC(=O)CCC/C=C\C/C=C\C/C=C\C/C=C\CC(O)CCC. The van der Waals surface area contributed by atoms with Crippen LogP contribution in [0, 0.1) is 0 Å². The fraction of sp³-hybridized carbons (Fsp3) is 0.791. The van der Waals surface area contributed by atoms with Crippen molar-refractivity contribution in [2.45, 2.75) is 180 Å². The highest BCUT2D eigenvalue weighted by atomic mass is 31.2. The van der Waals surface area contributed by atoms with Gasteiger partial charge in [0.05, 0.1) is 46.0 Å². The van der Waals surface area contributed by atoms with Crippen LogP contribution in [-0.2, 0) is 18.4 Å². The highest BCUT2D eigenvalue weighted by molar-refractivity contribution is 7.45. The van der Waals surface area contributed by atoms with Gasteiger partial charge in [-0.2, -0.15) is 0 Å². The third-order valence-corrected chi connectivity index (χ3v) is 10.1. The summed E-state index contributed by atoms with van der Waals surface area (Å²) in [5.41, 5.74) is 0. The molecule has 0 aromatic carbocycles. The van der Waals surface area contributed by atoms with Gasteiger partial charge < -0.3 is 34.0 Å². The molecule has 0 radical (unpaired) electrons. The van der Waals surface area contributed by atoms with Crippen molar-refractivity contribution in [2.75, 3.05) is 40.9 Å². The molecule has 0 aliphatic rings. The Bertz CT molecular complexity index is 1020. The molecule has 4 atom stereocenters. The zero-order valence-electron chi connectivity index (χ0n) is 34.6. The zero-order chi connectivity index (χ0) is 39.5. The van der Waals surface area contributed by atoms with Crippen LogP contribution in [0.1, 0.15) is 162 Å². The summed E-state index contributed by atoms with van der Waals surface area (Å²) in [6.45, 7) is 4.45. The van der Waals surface area contributed by atoms with E-state index in [0.29, 0.717) is 23.9 Å². The van der Waals surface area contributed by atoms with E-state index in [-0.39, 0.29) is 31.6 Å². The Balaban J connectivity index is 4.54. The summed E-state index contributed by atoms with van der Waals surface area (Å²) >= 11 is 0. The minimum absolute atomic E-state index is 0.00662. The number of hydrogen-bond acceptors (Lipinski definition) is 7. The summed E-state index contributed by atoms with van der Waals surface area (Å²) in [7, 11) is 1.24. The van der Waals surface area contributed by atoms with Gasteiger partial charge in [-0.15, -0.1) is 0 Å². The van der Waals surface area contributed by atoms with Gasteiger partial charge in [-0.1, -0.05) is 152 Å². The molecular formula is C43H81N2O7P. The second-order valence-electron chi connectivity index (χ2n) is 15.5. The van der Waals surface area contributed by atoms with Gasteiger partial charge in [-0.05, 0) is 51.4 Å². The molecule has 1 amide bonds. The maximum atomic E-state index is 12.8. The number of aliphatic hydroxyl groups excluding tert-OH is 2. The largest absolute Gasteiger partial charge is 0.756 e. The molecular weight excluding hydrogens is 687 g/mol. The van der Waals surface area contributed by atoms with Crippen LogP contribution in [0.2, 0.25) is 0 Å². The van der Waals surface area contributed by atoms with Gasteiger partial charge in [0.2, 0.25) is 5.91 Å². The maximum Gasteiger partial charge on any atom is 0.268 e. The van der Waals surface area contributed by atoms with Crippen LogP contribution in [0.4, 0.5) is 0 Å². The average Bonchev–Trinajstić information content (AvgIpc) is 3.09. The third-order valence-electron chi connectivity index (χ3n) is 9.13. The summed E-state index contributed by atoms with van der Waals surface area (Å²) in [5.74, 6) is -0.234.